The van der Waals surface area contributed by atoms with Crippen LogP contribution in [0, 0.1) is 0 Å². The van der Waals surface area contributed by atoms with E-state index in [1.165, 1.54) is 0 Å². The van der Waals surface area contributed by atoms with Crippen LogP contribution in [-0.4, -0.2) is 89.7 Å². The Hall–Kier alpha value is -2.98. The molecule has 39 heavy (non-hydrogen) atoms. The molecule has 1 aromatic rings. The number of hydrogen-bond acceptors (Lipinski definition) is 10. The Morgan fingerprint density at radius 3 is 1.23 bits per heavy atom. The molecule has 0 fully saturated rings. The standard InChI is InChI=1S/C29H46N2O8/c1-27(2,3)37-24(33)18-30(17-23(32)36-21-22-13-11-10-12-14-22)15-16-31(19-25(34)38-28(4,5)6)20-26(35)39-29(7,8)9/h10-14H,15-21H2,1-9H3. The molecule has 1 rings (SSSR count). The van der Waals surface area contributed by atoms with E-state index in [1.807, 2.05) is 30.3 Å². The predicted molar refractivity (Wildman–Crippen MR) is 147 cm³/mol. The summed E-state index contributed by atoms with van der Waals surface area (Å²) < 4.78 is 21.7. The molecule has 0 aromatic heterocycles. The van der Waals surface area contributed by atoms with Gasteiger partial charge in [0.05, 0.1) is 26.2 Å². The third-order valence-corrected chi connectivity index (χ3v) is 4.65. The molecule has 0 atom stereocenters. The van der Waals surface area contributed by atoms with E-state index in [2.05, 4.69) is 0 Å². The van der Waals surface area contributed by atoms with Gasteiger partial charge >= 0.3 is 23.9 Å². The monoisotopic (exact) mass is 550 g/mol. The molecule has 0 aliphatic rings. The van der Waals surface area contributed by atoms with Crippen molar-refractivity contribution in [1.29, 1.82) is 0 Å². The molecule has 0 amide bonds. The second-order valence-corrected chi connectivity index (χ2v) is 12.3. The van der Waals surface area contributed by atoms with Crippen LogP contribution in [0.3, 0.4) is 0 Å². The van der Waals surface area contributed by atoms with Gasteiger partial charge in [-0.1, -0.05) is 30.3 Å². The van der Waals surface area contributed by atoms with Crippen molar-refractivity contribution < 1.29 is 38.1 Å². The molecule has 220 valence electrons. The Balaban J connectivity index is 2.95. The summed E-state index contributed by atoms with van der Waals surface area (Å²) >= 11 is 0. The highest BCUT2D eigenvalue weighted by atomic mass is 16.6. The first-order valence-corrected chi connectivity index (χ1v) is 13.1. The zero-order valence-electron chi connectivity index (χ0n) is 25.0. The van der Waals surface area contributed by atoms with Gasteiger partial charge in [0, 0.05) is 13.1 Å². The van der Waals surface area contributed by atoms with Crippen molar-refractivity contribution in [3.05, 3.63) is 35.9 Å². The van der Waals surface area contributed by atoms with Crippen LogP contribution in [0.1, 0.15) is 67.9 Å². The first kappa shape index (κ1) is 34.0. The molecule has 0 aliphatic heterocycles. The quantitative estimate of drug-likeness (QED) is 0.268. The first-order chi connectivity index (χ1) is 17.8. The minimum atomic E-state index is -0.698. The molecular formula is C29H46N2O8. The largest absolute Gasteiger partial charge is 0.460 e. The topological polar surface area (TPSA) is 112 Å². The van der Waals surface area contributed by atoms with Crippen molar-refractivity contribution in [3.63, 3.8) is 0 Å². The molecular weight excluding hydrogens is 504 g/mol. The molecule has 0 heterocycles. The van der Waals surface area contributed by atoms with Crippen molar-refractivity contribution in [2.24, 2.45) is 0 Å². The average molecular weight is 551 g/mol. The highest BCUT2D eigenvalue weighted by molar-refractivity contribution is 5.76. The summed E-state index contributed by atoms with van der Waals surface area (Å²) in [5.74, 6) is -2.04. The molecule has 0 radical (unpaired) electrons. The summed E-state index contributed by atoms with van der Waals surface area (Å²) in [6.45, 7) is 15.6. The second-order valence-electron chi connectivity index (χ2n) is 12.3. The van der Waals surface area contributed by atoms with E-state index in [9.17, 15) is 19.2 Å². The van der Waals surface area contributed by atoms with Gasteiger partial charge in [0.2, 0.25) is 0 Å². The van der Waals surface area contributed by atoms with Crippen LogP contribution in [0.4, 0.5) is 0 Å². The van der Waals surface area contributed by atoms with Gasteiger partial charge in [-0.25, -0.2) is 0 Å². The van der Waals surface area contributed by atoms with Gasteiger partial charge in [0.25, 0.3) is 0 Å². The van der Waals surface area contributed by atoms with Crippen LogP contribution in [0.5, 0.6) is 0 Å². The van der Waals surface area contributed by atoms with Crippen molar-refractivity contribution in [1.82, 2.24) is 9.80 Å². The second kappa shape index (κ2) is 15.0. The Morgan fingerprint density at radius 1 is 0.564 bits per heavy atom. The van der Waals surface area contributed by atoms with Gasteiger partial charge in [-0.2, -0.15) is 0 Å². The third kappa shape index (κ3) is 18.0. The van der Waals surface area contributed by atoms with E-state index in [0.29, 0.717) is 0 Å². The SMILES string of the molecule is CC(C)(C)OC(=O)CN(CCN(CC(=O)OC(C)(C)C)CC(=O)OC(C)(C)C)CC(=O)OCc1ccccc1. The molecule has 0 spiro atoms. The van der Waals surface area contributed by atoms with Gasteiger partial charge in [-0.05, 0) is 67.9 Å². The molecule has 0 bridgehead atoms. The van der Waals surface area contributed by atoms with Gasteiger partial charge in [0.15, 0.2) is 0 Å². The Labute approximate surface area is 232 Å². The van der Waals surface area contributed by atoms with E-state index in [0.717, 1.165) is 5.56 Å². The summed E-state index contributed by atoms with van der Waals surface area (Å²) in [5.41, 5.74) is -1.25. The van der Waals surface area contributed by atoms with Crippen LogP contribution in [0.25, 0.3) is 0 Å². The number of rotatable bonds is 13. The normalized spacial score (nSPS) is 12.3. The highest BCUT2D eigenvalue weighted by Crippen LogP contribution is 2.11. The fourth-order valence-corrected chi connectivity index (χ4v) is 3.35. The van der Waals surface area contributed by atoms with Crippen molar-refractivity contribution >= 4 is 23.9 Å². The highest BCUT2D eigenvalue weighted by Gasteiger charge is 2.26. The molecule has 10 heteroatoms. The van der Waals surface area contributed by atoms with E-state index in [1.54, 1.807) is 72.1 Å². The lowest BCUT2D eigenvalue weighted by molar-refractivity contribution is -0.162. The molecule has 10 nitrogen and oxygen atoms in total. The maximum absolute atomic E-state index is 12.6. The minimum Gasteiger partial charge on any atom is -0.460 e. The van der Waals surface area contributed by atoms with Gasteiger partial charge in [-0.15, -0.1) is 0 Å². The molecule has 0 unspecified atom stereocenters. The smallest absolute Gasteiger partial charge is 0.320 e. The Morgan fingerprint density at radius 2 is 0.897 bits per heavy atom. The molecule has 0 saturated heterocycles. The lowest BCUT2D eigenvalue weighted by Crippen LogP contribution is -2.46. The van der Waals surface area contributed by atoms with E-state index in [-0.39, 0.29) is 45.9 Å². The molecule has 0 saturated carbocycles. The van der Waals surface area contributed by atoms with Gasteiger partial charge in [0.1, 0.15) is 23.4 Å². The van der Waals surface area contributed by atoms with E-state index < -0.39 is 40.7 Å². The fraction of sp³-hybridized carbons (Fsp3) is 0.655. The summed E-state index contributed by atoms with van der Waals surface area (Å²) in [6, 6.07) is 9.26. The average Bonchev–Trinajstić information content (AvgIpc) is 2.72. The van der Waals surface area contributed by atoms with Gasteiger partial charge in [-0.3, -0.25) is 29.0 Å². The zero-order valence-corrected chi connectivity index (χ0v) is 25.0. The number of ether oxygens (including phenoxy) is 4. The maximum Gasteiger partial charge on any atom is 0.320 e. The first-order valence-electron chi connectivity index (χ1n) is 13.1. The van der Waals surface area contributed by atoms with Crippen molar-refractivity contribution in [2.75, 3.05) is 39.3 Å². The van der Waals surface area contributed by atoms with Crippen LogP contribution < -0.4 is 0 Å². The molecule has 0 N–H and O–H groups in total. The number of hydrogen-bond donors (Lipinski definition) is 0. The molecule has 0 aliphatic carbocycles. The van der Waals surface area contributed by atoms with E-state index >= 15 is 0 Å². The van der Waals surface area contributed by atoms with Crippen LogP contribution in [-0.2, 0) is 44.7 Å². The number of carbonyl (C=O) groups is 4. The lowest BCUT2D eigenvalue weighted by atomic mass is 10.2. The van der Waals surface area contributed by atoms with Crippen LogP contribution in [0.2, 0.25) is 0 Å². The minimum absolute atomic E-state index is 0.101. The Kier molecular flexibility index (Phi) is 13.1. The van der Waals surface area contributed by atoms with E-state index in [4.69, 9.17) is 18.9 Å². The number of benzene rings is 1. The number of carbonyl (C=O) groups excluding carboxylic acids is 4. The summed E-state index contributed by atoms with van der Waals surface area (Å²) in [5, 5.41) is 0. The predicted octanol–water partition coefficient (Wildman–Crippen LogP) is 3.36. The zero-order chi connectivity index (χ0) is 29.9. The summed E-state index contributed by atoms with van der Waals surface area (Å²) in [7, 11) is 0. The maximum atomic E-state index is 12.6. The van der Waals surface area contributed by atoms with Crippen molar-refractivity contribution in [3.8, 4) is 0 Å². The van der Waals surface area contributed by atoms with Crippen LogP contribution in [0.15, 0.2) is 30.3 Å². The van der Waals surface area contributed by atoms with Gasteiger partial charge < -0.3 is 18.9 Å². The number of esters is 4. The van der Waals surface area contributed by atoms with Crippen LogP contribution >= 0.6 is 0 Å². The lowest BCUT2D eigenvalue weighted by Gasteiger charge is -2.29. The summed E-state index contributed by atoms with van der Waals surface area (Å²) in [4.78, 5) is 53.4. The number of nitrogens with zero attached hydrogens (tertiary/aromatic N) is 2. The summed E-state index contributed by atoms with van der Waals surface area (Å²) in [6.07, 6.45) is 0. The third-order valence-electron chi connectivity index (χ3n) is 4.65. The fourth-order valence-electron chi connectivity index (χ4n) is 3.35. The van der Waals surface area contributed by atoms with Crippen molar-refractivity contribution in [2.45, 2.75) is 85.7 Å². The molecule has 1 aromatic carbocycles. The Bertz CT molecular complexity index is 913.